The van der Waals surface area contributed by atoms with Gasteiger partial charge in [-0.3, -0.25) is 19.2 Å². The van der Waals surface area contributed by atoms with E-state index < -0.39 is 41.7 Å². The number of halogens is 1. The average molecular weight is 495 g/mol. The molecule has 4 rings (SSSR count). The Balaban J connectivity index is 1.90. The van der Waals surface area contributed by atoms with Crippen molar-refractivity contribution < 1.29 is 33.0 Å². The maximum absolute atomic E-state index is 13.3. The number of hydrogen-bond acceptors (Lipinski definition) is 8. The molecule has 1 N–H and O–H groups in total. The normalized spacial score (nSPS) is 11.5. The Morgan fingerprint density at radius 3 is 2.47 bits per heavy atom. The monoisotopic (exact) mass is 495 g/mol. The molecule has 4 aromatic rings. The van der Waals surface area contributed by atoms with Crippen LogP contribution in [0.2, 0.25) is 0 Å². The molecule has 0 bridgehead atoms. The fraction of sp³-hybridized carbons (Fsp3) is 0.250. The van der Waals surface area contributed by atoms with Crippen molar-refractivity contribution in [3.8, 4) is 11.1 Å². The zero-order valence-electron chi connectivity index (χ0n) is 19.9. The van der Waals surface area contributed by atoms with Crippen LogP contribution in [0.4, 0.5) is 14.9 Å². The molecule has 0 aliphatic rings. The molecule has 4 heterocycles. The van der Waals surface area contributed by atoms with Crippen LogP contribution >= 0.6 is 0 Å². The van der Waals surface area contributed by atoms with E-state index in [9.17, 15) is 23.9 Å². The number of furan rings is 1. The molecule has 0 saturated heterocycles. The molecule has 0 unspecified atom stereocenters. The van der Waals surface area contributed by atoms with E-state index in [2.05, 4.69) is 15.1 Å². The van der Waals surface area contributed by atoms with Gasteiger partial charge in [-0.2, -0.15) is 9.49 Å². The smallest absolute Gasteiger partial charge is 0.412 e. The van der Waals surface area contributed by atoms with Gasteiger partial charge in [-0.1, -0.05) is 0 Å². The highest BCUT2D eigenvalue weighted by atomic mass is 19.1. The van der Waals surface area contributed by atoms with E-state index in [1.165, 1.54) is 12.3 Å². The number of ether oxygens (including phenoxy) is 1. The second-order valence-corrected chi connectivity index (χ2v) is 8.91. The van der Waals surface area contributed by atoms with Crippen LogP contribution in [0.1, 0.15) is 36.9 Å². The number of rotatable bonds is 6. The SMILES string of the molecule is Cn1cc(-c2cnc3oc(C(=O)c4ccc(F)nc4)c(N(CC(=O)OC(C)(C)C)C(=O)O)c3c2)cn1. The zero-order chi connectivity index (χ0) is 26.2. The van der Waals surface area contributed by atoms with E-state index in [0.29, 0.717) is 16.0 Å². The second-order valence-electron chi connectivity index (χ2n) is 8.91. The lowest BCUT2D eigenvalue weighted by atomic mass is 10.1. The average Bonchev–Trinajstić information content (AvgIpc) is 3.39. The first-order valence-corrected chi connectivity index (χ1v) is 10.7. The van der Waals surface area contributed by atoms with Gasteiger partial charge in [0.2, 0.25) is 23.2 Å². The van der Waals surface area contributed by atoms with Crippen molar-refractivity contribution in [1.29, 1.82) is 0 Å². The van der Waals surface area contributed by atoms with Crippen LogP contribution in [-0.2, 0) is 16.6 Å². The number of anilines is 1. The van der Waals surface area contributed by atoms with Crippen molar-refractivity contribution in [2.75, 3.05) is 11.4 Å². The predicted molar refractivity (Wildman–Crippen MR) is 125 cm³/mol. The number of aryl methyl sites for hydroxylation is 1. The van der Waals surface area contributed by atoms with Crippen molar-refractivity contribution in [3.05, 3.63) is 60.3 Å². The lowest BCUT2D eigenvalue weighted by Crippen LogP contribution is -2.38. The predicted octanol–water partition coefficient (Wildman–Crippen LogP) is 3.82. The standard InChI is InChI=1S/C24H22FN5O6/c1-24(2,3)36-18(31)12-30(23(33)34)19-16-7-14(15-10-28-29(4)11-15)9-27-22(16)35-21(19)20(32)13-5-6-17(25)26-8-13/h5-11H,12H2,1-4H3,(H,33,34). The highest BCUT2D eigenvalue weighted by molar-refractivity contribution is 6.17. The second kappa shape index (κ2) is 9.21. The van der Waals surface area contributed by atoms with Crippen LogP contribution in [0.5, 0.6) is 0 Å². The van der Waals surface area contributed by atoms with E-state index in [4.69, 9.17) is 9.15 Å². The molecule has 186 valence electrons. The molecule has 0 aliphatic carbocycles. The Kier molecular flexibility index (Phi) is 6.27. The molecule has 0 radical (unpaired) electrons. The van der Waals surface area contributed by atoms with Crippen LogP contribution in [0.3, 0.4) is 0 Å². The van der Waals surface area contributed by atoms with Gasteiger partial charge in [0.25, 0.3) is 0 Å². The largest absolute Gasteiger partial charge is 0.465 e. The number of pyridine rings is 2. The summed E-state index contributed by atoms with van der Waals surface area (Å²) in [5.74, 6) is -2.80. The number of amides is 1. The van der Waals surface area contributed by atoms with Gasteiger partial charge in [0.05, 0.1) is 11.6 Å². The number of carbonyl (C=O) groups excluding carboxylic acids is 2. The minimum absolute atomic E-state index is 0.0356. The summed E-state index contributed by atoms with van der Waals surface area (Å²) in [6.07, 6.45) is 4.28. The van der Waals surface area contributed by atoms with Gasteiger partial charge in [0, 0.05) is 42.3 Å². The number of aromatic nitrogens is 4. The molecule has 0 fully saturated rings. The van der Waals surface area contributed by atoms with Gasteiger partial charge in [0.1, 0.15) is 17.8 Å². The van der Waals surface area contributed by atoms with Gasteiger partial charge >= 0.3 is 12.1 Å². The fourth-order valence-corrected chi connectivity index (χ4v) is 3.51. The number of ketones is 1. The summed E-state index contributed by atoms with van der Waals surface area (Å²) in [6.45, 7) is 4.21. The van der Waals surface area contributed by atoms with Crippen LogP contribution in [-0.4, -0.2) is 54.8 Å². The van der Waals surface area contributed by atoms with Crippen LogP contribution < -0.4 is 4.90 Å². The summed E-state index contributed by atoms with van der Waals surface area (Å²) in [4.78, 5) is 46.6. The summed E-state index contributed by atoms with van der Waals surface area (Å²) in [7, 11) is 1.74. The van der Waals surface area contributed by atoms with Gasteiger partial charge in [-0.25, -0.2) is 14.8 Å². The first-order valence-electron chi connectivity index (χ1n) is 10.7. The van der Waals surface area contributed by atoms with Gasteiger partial charge in [0.15, 0.2) is 0 Å². The lowest BCUT2D eigenvalue weighted by Gasteiger charge is -2.23. The number of fused-ring (bicyclic) bond motifs is 1. The Hall–Kier alpha value is -4.61. The number of esters is 1. The van der Waals surface area contributed by atoms with Crippen molar-refractivity contribution in [2.24, 2.45) is 7.05 Å². The van der Waals surface area contributed by atoms with Crippen molar-refractivity contribution in [3.63, 3.8) is 0 Å². The molecule has 0 saturated carbocycles. The number of carboxylic acid groups (broad SMARTS) is 1. The molecule has 0 aromatic carbocycles. The van der Waals surface area contributed by atoms with Crippen molar-refractivity contribution in [1.82, 2.24) is 19.7 Å². The molecule has 36 heavy (non-hydrogen) atoms. The summed E-state index contributed by atoms with van der Waals surface area (Å²) >= 11 is 0. The van der Waals surface area contributed by atoms with Gasteiger partial charge < -0.3 is 14.3 Å². The van der Waals surface area contributed by atoms with E-state index >= 15 is 0 Å². The summed E-state index contributed by atoms with van der Waals surface area (Å²) in [5.41, 5.74) is 0.105. The Morgan fingerprint density at radius 2 is 1.89 bits per heavy atom. The fourth-order valence-electron chi connectivity index (χ4n) is 3.51. The first-order chi connectivity index (χ1) is 16.9. The summed E-state index contributed by atoms with van der Waals surface area (Å²) < 4.78 is 25.9. The number of carbonyl (C=O) groups is 3. The van der Waals surface area contributed by atoms with E-state index in [1.54, 1.807) is 51.0 Å². The van der Waals surface area contributed by atoms with Crippen LogP contribution in [0, 0.1) is 5.95 Å². The molecule has 12 heteroatoms. The number of nitrogens with zero attached hydrogens (tertiary/aromatic N) is 5. The van der Waals surface area contributed by atoms with Gasteiger partial charge in [-0.05, 0) is 39.0 Å². The van der Waals surface area contributed by atoms with Crippen LogP contribution in [0.25, 0.3) is 22.2 Å². The summed E-state index contributed by atoms with van der Waals surface area (Å²) in [6, 6.07) is 3.77. The third-order valence-corrected chi connectivity index (χ3v) is 4.96. The topological polar surface area (TPSA) is 141 Å². The van der Waals surface area contributed by atoms with Crippen molar-refractivity contribution in [2.45, 2.75) is 26.4 Å². The molecule has 4 aromatic heterocycles. The van der Waals surface area contributed by atoms with E-state index in [0.717, 1.165) is 12.3 Å². The molecule has 0 aliphatic heterocycles. The highest BCUT2D eigenvalue weighted by Gasteiger charge is 2.33. The Morgan fingerprint density at radius 1 is 1.14 bits per heavy atom. The van der Waals surface area contributed by atoms with E-state index in [1.807, 2.05) is 0 Å². The quantitative estimate of drug-likeness (QED) is 0.240. The lowest BCUT2D eigenvalue weighted by molar-refractivity contribution is -0.152. The minimum Gasteiger partial charge on any atom is -0.465 e. The van der Waals surface area contributed by atoms with Gasteiger partial charge in [-0.15, -0.1) is 0 Å². The molecule has 0 spiro atoms. The molecular weight excluding hydrogens is 473 g/mol. The highest BCUT2D eigenvalue weighted by Crippen LogP contribution is 2.37. The summed E-state index contributed by atoms with van der Waals surface area (Å²) in [5, 5.41) is 14.3. The molecule has 1 amide bonds. The number of hydrogen-bond donors (Lipinski definition) is 1. The zero-order valence-corrected chi connectivity index (χ0v) is 19.9. The Bertz CT molecular complexity index is 1470. The first kappa shape index (κ1) is 24.5. The molecule has 0 atom stereocenters. The third kappa shape index (κ3) is 5.06. The maximum Gasteiger partial charge on any atom is 0.412 e. The minimum atomic E-state index is -1.53. The van der Waals surface area contributed by atoms with Crippen molar-refractivity contribution >= 4 is 34.6 Å². The molecular formula is C24H22FN5O6. The Labute approximate surface area is 204 Å². The maximum atomic E-state index is 13.3. The van der Waals surface area contributed by atoms with Crippen LogP contribution in [0.15, 0.2) is 47.4 Å². The van der Waals surface area contributed by atoms with E-state index in [-0.39, 0.29) is 22.4 Å². The molecule has 11 nitrogen and oxygen atoms in total. The third-order valence-electron chi connectivity index (χ3n) is 4.96.